The van der Waals surface area contributed by atoms with Crippen LogP contribution in [0, 0.1) is 11.7 Å². The van der Waals surface area contributed by atoms with Crippen LogP contribution in [0.5, 0.6) is 0 Å². The Hall–Kier alpha value is -1.02. The molecule has 0 spiro atoms. The van der Waals surface area contributed by atoms with Gasteiger partial charge in [0.25, 0.3) is 0 Å². The summed E-state index contributed by atoms with van der Waals surface area (Å²) in [6, 6.07) is 5.57. The lowest BCUT2D eigenvalue weighted by Crippen LogP contribution is -2.50. The lowest BCUT2D eigenvalue weighted by Gasteiger charge is -2.36. The average Bonchev–Trinajstić information content (AvgIpc) is 2.56. The molecule has 0 unspecified atom stereocenters. The molecule has 1 aromatic rings. The summed E-state index contributed by atoms with van der Waals surface area (Å²) in [7, 11) is -3.74. The highest BCUT2D eigenvalue weighted by Gasteiger charge is 2.31. The van der Waals surface area contributed by atoms with Gasteiger partial charge in [0.1, 0.15) is 10.7 Å². The van der Waals surface area contributed by atoms with Crippen molar-refractivity contribution in [2.45, 2.75) is 17.7 Å². The van der Waals surface area contributed by atoms with E-state index in [1.165, 1.54) is 22.5 Å². The van der Waals surface area contributed by atoms with Crippen molar-refractivity contribution >= 4 is 10.0 Å². The van der Waals surface area contributed by atoms with E-state index < -0.39 is 15.8 Å². The molecule has 2 aliphatic heterocycles. The second kappa shape index (κ2) is 7.25. The third-order valence-corrected chi connectivity index (χ3v) is 6.57. The highest BCUT2D eigenvalue weighted by Crippen LogP contribution is 2.22. The third kappa shape index (κ3) is 3.91. The zero-order valence-corrected chi connectivity index (χ0v) is 14.0. The first-order valence-corrected chi connectivity index (χ1v) is 9.56. The number of nitrogens with zero attached hydrogens (tertiary/aromatic N) is 2. The fourth-order valence-electron chi connectivity index (χ4n) is 3.24. The summed E-state index contributed by atoms with van der Waals surface area (Å²) >= 11 is 0. The van der Waals surface area contributed by atoms with Gasteiger partial charge in [-0.25, -0.2) is 12.8 Å². The fraction of sp³-hybridized carbons (Fsp3) is 0.625. The van der Waals surface area contributed by atoms with Gasteiger partial charge in [0.05, 0.1) is 0 Å². The van der Waals surface area contributed by atoms with Crippen molar-refractivity contribution in [2.24, 2.45) is 5.92 Å². The molecular formula is C16H23FN2O3S. The minimum Gasteiger partial charge on any atom is -0.381 e. The first kappa shape index (κ1) is 16.8. The van der Waals surface area contributed by atoms with E-state index in [-0.39, 0.29) is 4.90 Å². The molecule has 23 heavy (non-hydrogen) atoms. The topological polar surface area (TPSA) is 49.9 Å². The maximum Gasteiger partial charge on any atom is 0.246 e. The monoisotopic (exact) mass is 342 g/mol. The molecule has 2 saturated heterocycles. The van der Waals surface area contributed by atoms with Crippen LogP contribution >= 0.6 is 0 Å². The second-order valence-electron chi connectivity index (χ2n) is 6.19. The number of rotatable bonds is 4. The molecule has 0 aromatic heterocycles. The van der Waals surface area contributed by atoms with Gasteiger partial charge in [-0.05, 0) is 30.9 Å². The number of sulfonamides is 1. The molecule has 0 atom stereocenters. The molecule has 2 fully saturated rings. The number of hydrogen-bond donors (Lipinski definition) is 0. The van der Waals surface area contributed by atoms with Crippen molar-refractivity contribution < 1.29 is 17.5 Å². The minimum atomic E-state index is -3.74. The molecule has 2 heterocycles. The molecule has 128 valence electrons. The van der Waals surface area contributed by atoms with Crippen LogP contribution in [0.4, 0.5) is 4.39 Å². The van der Waals surface area contributed by atoms with Gasteiger partial charge in [-0.15, -0.1) is 0 Å². The van der Waals surface area contributed by atoms with E-state index in [1.54, 1.807) is 6.07 Å². The summed E-state index contributed by atoms with van der Waals surface area (Å²) in [5.41, 5.74) is 0. The third-order valence-electron chi connectivity index (χ3n) is 4.64. The molecule has 0 N–H and O–H groups in total. The fourth-order valence-corrected chi connectivity index (χ4v) is 4.73. The van der Waals surface area contributed by atoms with E-state index >= 15 is 0 Å². The molecule has 1 aromatic carbocycles. The van der Waals surface area contributed by atoms with Gasteiger partial charge in [0.2, 0.25) is 10.0 Å². The Morgan fingerprint density at radius 1 is 1.09 bits per heavy atom. The molecule has 0 saturated carbocycles. The Kier molecular flexibility index (Phi) is 5.31. The Morgan fingerprint density at radius 3 is 2.39 bits per heavy atom. The molecule has 0 bridgehead atoms. The summed E-state index contributed by atoms with van der Waals surface area (Å²) in [4.78, 5) is 2.08. The number of hydrogen-bond acceptors (Lipinski definition) is 4. The van der Waals surface area contributed by atoms with E-state index in [4.69, 9.17) is 4.74 Å². The first-order chi connectivity index (χ1) is 11.1. The van der Waals surface area contributed by atoms with Crippen LogP contribution in [-0.4, -0.2) is 63.6 Å². The van der Waals surface area contributed by atoms with Crippen molar-refractivity contribution in [2.75, 3.05) is 45.9 Å². The van der Waals surface area contributed by atoms with Crippen LogP contribution in [0.15, 0.2) is 29.2 Å². The van der Waals surface area contributed by atoms with Crippen LogP contribution in [0.1, 0.15) is 12.8 Å². The van der Waals surface area contributed by atoms with E-state index in [9.17, 15) is 12.8 Å². The average molecular weight is 342 g/mol. The normalized spacial score (nSPS) is 22.3. The summed E-state index contributed by atoms with van der Waals surface area (Å²) < 4.78 is 45.7. The van der Waals surface area contributed by atoms with Crippen molar-refractivity contribution in [3.8, 4) is 0 Å². The Balaban J connectivity index is 1.59. The van der Waals surface area contributed by atoms with Crippen LogP contribution < -0.4 is 0 Å². The highest BCUT2D eigenvalue weighted by atomic mass is 32.2. The summed E-state index contributed by atoms with van der Waals surface area (Å²) in [6.07, 6.45) is 2.15. The Bertz CT molecular complexity index is 624. The first-order valence-electron chi connectivity index (χ1n) is 8.12. The van der Waals surface area contributed by atoms with Crippen LogP contribution in [0.2, 0.25) is 0 Å². The minimum absolute atomic E-state index is 0.224. The predicted molar refractivity (Wildman–Crippen MR) is 85.1 cm³/mol. The lowest BCUT2D eigenvalue weighted by atomic mass is 9.99. The lowest BCUT2D eigenvalue weighted by molar-refractivity contribution is 0.0477. The van der Waals surface area contributed by atoms with Crippen molar-refractivity contribution in [1.29, 1.82) is 0 Å². The zero-order chi connectivity index (χ0) is 16.3. The van der Waals surface area contributed by atoms with E-state index in [0.29, 0.717) is 32.1 Å². The number of ether oxygens (including phenoxy) is 1. The van der Waals surface area contributed by atoms with Gasteiger partial charge < -0.3 is 9.64 Å². The number of halogens is 1. The predicted octanol–water partition coefficient (Wildman–Crippen LogP) is 1.56. The standard InChI is InChI=1S/C16H23FN2O3S/c17-15-3-1-2-4-16(15)23(20,21)19-9-7-18(8-10-19)13-14-5-11-22-12-6-14/h1-4,14H,5-13H2. The summed E-state index contributed by atoms with van der Waals surface area (Å²) in [6.45, 7) is 4.88. The molecule has 5 nitrogen and oxygen atoms in total. The smallest absolute Gasteiger partial charge is 0.246 e. The van der Waals surface area contributed by atoms with Gasteiger partial charge in [-0.2, -0.15) is 4.31 Å². The number of piperazine rings is 1. The molecule has 3 rings (SSSR count). The van der Waals surface area contributed by atoms with Gasteiger partial charge in [-0.1, -0.05) is 12.1 Å². The number of benzene rings is 1. The van der Waals surface area contributed by atoms with Crippen molar-refractivity contribution in [1.82, 2.24) is 9.21 Å². The zero-order valence-electron chi connectivity index (χ0n) is 13.2. The molecule has 0 amide bonds. The van der Waals surface area contributed by atoms with Gasteiger partial charge in [0, 0.05) is 45.9 Å². The Labute approximate surface area is 137 Å². The van der Waals surface area contributed by atoms with Gasteiger partial charge in [-0.3, -0.25) is 0 Å². The maximum absolute atomic E-state index is 13.8. The van der Waals surface area contributed by atoms with Crippen LogP contribution in [0.25, 0.3) is 0 Å². The summed E-state index contributed by atoms with van der Waals surface area (Å²) in [5, 5.41) is 0. The second-order valence-corrected chi connectivity index (χ2v) is 8.10. The Morgan fingerprint density at radius 2 is 1.74 bits per heavy atom. The quantitative estimate of drug-likeness (QED) is 0.833. The van der Waals surface area contributed by atoms with E-state index in [2.05, 4.69) is 4.90 Å². The summed E-state index contributed by atoms with van der Waals surface area (Å²) in [5.74, 6) is -0.0457. The van der Waals surface area contributed by atoms with Gasteiger partial charge >= 0.3 is 0 Å². The molecule has 2 aliphatic rings. The maximum atomic E-state index is 13.8. The van der Waals surface area contributed by atoms with E-state index in [0.717, 1.165) is 32.6 Å². The molecule has 7 heteroatoms. The van der Waals surface area contributed by atoms with Gasteiger partial charge in [0.15, 0.2) is 0 Å². The van der Waals surface area contributed by atoms with E-state index in [1.807, 2.05) is 0 Å². The van der Waals surface area contributed by atoms with Crippen molar-refractivity contribution in [3.63, 3.8) is 0 Å². The van der Waals surface area contributed by atoms with Crippen molar-refractivity contribution in [3.05, 3.63) is 30.1 Å². The SMILES string of the molecule is O=S(=O)(c1ccccc1F)N1CCN(CC2CCOCC2)CC1. The largest absolute Gasteiger partial charge is 0.381 e. The molecular weight excluding hydrogens is 319 g/mol. The molecule has 0 aliphatic carbocycles. The van der Waals surface area contributed by atoms with Crippen LogP contribution in [0.3, 0.4) is 0 Å². The molecule has 0 radical (unpaired) electrons. The highest BCUT2D eigenvalue weighted by molar-refractivity contribution is 7.89. The van der Waals surface area contributed by atoms with Crippen LogP contribution in [-0.2, 0) is 14.8 Å².